The molecule has 0 unspecified atom stereocenters. The number of hydrogen-bond acceptors (Lipinski definition) is 4. The highest BCUT2D eigenvalue weighted by Crippen LogP contribution is 2.43. The Kier molecular flexibility index (Phi) is 6.35. The quantitative estimate of drug-likeness (QED) is 0.770. The van der Waals surface area contributed by atoms with Crippen LogP contribution in [-0.4, -0.2) is 55.6 Å². The number of benzene rings is 1. The maximum atomic E-state index is 13.0. The largest absolute Gasteiger partial charge is 0.330 e. The molecule has 0 amide bonds. The van der Waals surface area contributed by atoms with Crippen molar-refractivity contribution in [3.63, 3.8) is 0 Å². The second kappa shape index (κ2) is 8.66. The first kappa shape index (κ1) is 21.3. The van der Waals surface area contributed by atoms with Gasteiger partial charge in [0.15, 0.2) is 0 Å². The topological polar surface area (TPSA) is 66.6 Å². The number of piperidine rings is 2. The minimum atomic E-state index is -3.22. The molecular weight excluding hydrogens is 382 g/mol. The Balaban J connectivity index is 1.58. The summed E-state index contributed by atoms with van der Waals surface area (Å²) in [5.74, 6) is 1.32. The van der Waals surface area contributed by atoms with Crippen LogP contribution in [0.2, 0.25) is 0 Å². The zero-order valence-electron chi connectivity index (χ0n) is 18.0. The number of nitrogens with two attached hydrogens (primary N) is 1. The maximum Gasteiger partial charge on any atom is 0.214 e. The van der Waals surface area contributed by atoms with Crippen LogP contribution >= 0.6 is 0 Å². The molecule has 0 aromatic heterocycles. The van der Waals surface area contributed by atoms with Gasteiger partial charge in [-0.05, 0) is 73.6 Å². The van der Waals surface area contributed by atoms with Crippen molar-refractivity contribution >= 4 is 10.0 Å². The normalized spacial score (nSPS) is 28.1. The monoisotopic (exact) mass is 419 g/mol. The summed E-state index contributed by atoms with van der Waals surface area (Å²) in [6.45, 7) is 7.79. The predicted octanol–water partition coefficient (Wildman–Crippen LogP) is 2.95. The Hall–Kier alpha value is -0.950. The molecule has 3 aliphatic heterocycles. The van der Waals surface area contributed by atoms with Crippen LogP contribution in [-0.2, 0) is 22.9 Å². The molecule has 3 heterocycles. The molecule has 1 aromatic carbocycles. The summed E-state index contributed by atoms with van der Waals surface area (Å²) in [6.07, 6.45) is 5.86. The van der Waals surface area contributed by atoms with Gasteiger partial charge in [-0.3, -0.25) is 4.90 Å². The van der Waals surface area contributed by atoms with E-state index in [1.165, 1.54) is 16.7 Å². The first-order valence-corrected chi connectivity index (χ1v) is 13.1. The average molecular weight is 420 g/mol. The van der Waals surface area contributed by atoms with Crippen molar-refractivity contribution in [2.75, 3.05) is 31.9 Å². The van der Waals surface area contributed by atoms with Crippen molar-refractivity contribution in [2.45, 2.75) is 64.5 Å². The van der Waals surface area contributed by atoms with Crippen LogP contribution in [0.25, 0.3) is 0 Å². The molecule has 29 heavy (non-hydrogen) atoms. The molecule has 0 aliphatic carbocycles. The standard InChI is InChI=1S/C23H37N3O2S/c1-17(2)13-18-6-7-21-19(14-18)8-11-25-16-20-5-3-10-26(22(20)15-23(21)25)29(27,28)12-4-9-24/h6-7,14,17,20,22-23H,3-5,8-13,15-16,24H2,1-2H3/t20-,22+,23-/m0/s1. The first-order chi connectivity index (χ1) is 13.9. The van der Waals surface area contributed by atoms with Crippen molar-refractivity contribution in [1.82, 2.24) is 9.21 Å². The van der Waals surface area contributed by atoms with Crippen molar-refractivity contribution in [2.24, 2.45) is 17.6 Å². The highest BCUT2D eigenvalue weighted by Gasteiger charge is 2.45. The fourth-order valence-corrected chi connectivity index (χ4v) is 7.64. The predicted molar refractivity (Wildman–Crippen MR) is 118 cm³/mol. The number of fused-ring (bicyclic) bond motifs is 4. The van der Waals surface area contributed by atoms with Gasteiger partial charge in [-0.25, -0.2) is 8.42 Å². The summed E-state index contributed by atoms with van der Waals surface area (Å²) >= 11 is 0. The fourth-order valence-electron chi connectivity index (χ4n) is 5.79. The summed E-state index contributed by atoms with van der Waals surface area (Å²) < 4.78 is 27.9. The lowest BCUT2D eigenvalue weighted by atomic mass is 9.77. The van der Waals surface area contributed by atoms with Gasteiger partial charge in [0.1, 0.15) is 0 Å². The molecule has 4 rings (SSSR count). The first-order valence-electron chi connectivity index (χ1n) is 11.4. The maximum absolute atomic E-state index is 13.0. The van der Waals surface area contributed by atoms with Gasteiger partial charge in [-0.2, -0.15) is 4.31 Å². The molecular formula is C23H37N3O2S. The van der Waals surface area contributed by atoms with Crippen LogP contribution in [0, 0.1) is 11.8 Å². The summed E-state index contributed by atoms with van der Waals surface area (Å²) in [5.41, 5.74) is 9.94. The third-order valence-corrected chi connectivity index (χ3v) is 9.06. The number of nitrogens with zero attached hydrogens (tertiary/aromatic N) is 2. The molecule has 2 saturated heterocycles. The lowest BCUT2D eigenvalue weighted by Crippen LogP contribution is -2.57. The minimum Gasteiger partial charge on any atom is -0.330 e. The lowest BCUT2D eigenvalue weighted by molar-refractivity contribution is 0.0220. The van der Waals surface area contributed by atoms with Gasteiger partial charge in [-0.1, -0.05) is 32.0 Å². The Morgan fingerprint density at radius 2 is 2.07 bits per heavy atom. The highest BCUT2D eigenvalue weighted by molar-refractivity contribution is 7.89. The van der Waals surface area contributed by atoms with E-state index in [0.717, 1.165) is 45.2 Å². The van der Waals surface area contributed by atoms with E-state index in [0.29, 0.717) is 37.4 Å². The molecule has 0 saturated carbocycles. The summed E-state index contributed by atoms with van der Waals surface area (Å²) in [7, 11) is -3.22. The Morgan fingerprint density at radius 3 is 2.83 bits per heavy atom. The van der Waals surface area contributed by atoms with Gasteiger partial charge < -0.3 is 5.73 Å². The van der Waals surface area contributed by atoms with E-state index in [1.807, 2.05) is 4.31 Å². The third kappa shape index (κ3) is 4.41. The SMILES string of the molecule is CC(C)Cc1ccc2c(c1)CCN1C[C@@H]3CCCN(S(=O)(=O)CCCN)[C@@H]3C[C@@H]21. The van der Waals surface area contributed by atoms with Gasteiger partial charge in [0, 0.05) is 31.7 Å². The molecule has 162 valence electrons. The van der Waals surface area contributed by atoms with Crippen LogP contribution in [0.3, 0.4) is 0 Å². The number of rotatable bonds is 6. The van der Waals surface area contributed by atoms with E-state index in [1.54, 1.807) is 0 Å². The minimum absolute atomic E-state index is 0.147. The van der Waals surface area contributed by atoms with Gasteiger partial charge in [0.05, 0.1) is 5.75 Å². The second-order valence-corrected chi connectivity index (χ2v) is 11.7. The third-order valence-electron chi connectivity index (χ3n) is 7.08. The zero-order valence-corrected chi connectivity index (χ0v) is 18.8. The number of sulfonamides is 1. The second-order valence-electron chi connectivity index (χ2n) is 9.67. The summed E-state index contributed by atoms with van der Waals surface area (Å²) in [5, 5.41) is 0. The lowest BCUT2D eigenvalue weighted by Gasteiger charge is -2.51. The van der Waals surface area contributed by atoms with Crippen molar-refractivity contribution in [3.8, 4) is 0 Å². The van der Waals surface area contributed by atoms with E-state index in [4.69, 9.17) is 5.73 Å². The van der Waals surface area contributed by atoms with E-state index < -0.39 is 10.0 Å². The fraction of sp³-hybridized carbons (Fsp3) is 0.739. The van der Waals surface area contributed by atoms with E-state index >= 15 is 0 Å². The summed E-state index contributed by atoms with van der Waals surface area (Å²) in [6, 6.07) is 7.55. The molecule has 3 aliphatic rings. The molecule has 0 spiro atoms. The number of hydrogen-bond donors (Lipinski definition) is 1. The Bertz CT molecular complexity index is 823. The van der Waals surface area contributed by atoms with Gasteiger partial charge in [0.25, 0.3) is 0 Å². The molecule has 2 fully saturated rings. The molecule has 2 N–H and O–H groups in total. The van der Waals surface area contributed by atoms with Gasteiger partial charge >= 0.3 is 0 Å². The van der Waals surface area contributed by atoms with E-state index in [9.17, 15) is 8.42 Å². The average Bonchev–Trinajstić information content (AvgIpc) is 2.69. The molecule has 0 radical (unpaired) electrons. The van der Waals surface area contributed by atoms with Gasteiger partial charge in [-0.15, -0.1) is 0 Å². The van der Waals surface area contributed by atoms with Crippen molar-refractivity contribution in [3.05, 3.63) is 34.9 Å². The van der Waals surface area contributed by atoms with Crippen LogP contribution in [0.5, 0.6) is 0 Å². The summed E-state index contributed by atoms with van der Waals surface area (Å²) in [4.78, 5) is 2.63. The van der Waals surface area contributed by atoms with E-state index in [2.05, 4.69) is 36.9 Å². The van der Waals surface area contributed by atoms with Crippen LogP contribution in [0.1, 0.15) is 62.3 Å². The Morgan fingerprint density at radius 1 is 1.24 bits per heavy atom. The van der Waals surface area contributed by atoms with Crippen LogP contribution in [0.15, 0.2) is 18.2 Å². The van der Waals surface area contributed by atoms with Gasteiger partial charge in [0.2, 0.25) is 10.0 Å². The molecule has 3 atom stereocenters. The molecule has 5 nitrogen and oxygen atoms in total. The van der Waals surface area contributed by atoms with E-state index in [-0.39, 0.29) is 11.8 Å². The van der Waals surface area contributed by atoms with Crippen molar-refractivity contribution in [1.29, 1.82) is 0 Å². The molecule has 1 aromatic rings. The Labute approximate surface area is 176 Å². The highest BCUT2D eigenvalue weighted by atomic mass is 32.2. The zero-order chi connectivity index (χ0) is 20.6. The smallest absolute Gasteiger partial charge is 0.214 e. The van der Waals surface area contributed by atoms with Crippen molar-refractivity contribution < 1.29 is 8.42 Å². The van der Waals surface area contributed by atoms with Crippen LogP contribution in [0.4, 0.5) is 0 Å². The molecule has 6 heteroatoms. The van der Waals surface area contributed by atoms with Crippen LogP contribution < -0.4 is 5.73 Å². The molecule has 0 bridgehead atoms.